The van der Waals surface area contributed by atoms with E-state index in [1.165, 1.54) is 12.1 Å². The number of benzene rings is 5. The summed E-state index contributed by atoms with van der Waals surface area (Å²) in [6.07, 6.45) is 5.85. The standard InChI is InChI=1S/C28H27NO6.C20H23N3O2S.CH4O/c1-19-16-20(27(33)29-14-6-2-3-7-15-30)10-12-22(19)28(34-18-31)23-8-4-5-9-25(23)35-26-17-21(32)11-13-24(26)28;1-22-9-10-24-11-12-25-18-6-5-16(17-7-8-23-19(17)18)14-3-2-4-15(13-14)20(21)26;1-2/h4-5,8-13,15-18,32H,2-3,6-7,14H2,1H3,(H,29,33);2-8,13,22-23H,9-12H2,1H3,(H2,21,26);2H,1H3. The summed E-state index contributed by atoms with van der Waals surface area (Å²) in [5.74, 6) is 1.53. The van der Waals surface area contributed by atoms with Gasteiger partial charge in [-0.25, -0.2) is 0 Å². The predicted molar refractivity (Wildman–Crippen MR) is 248 cm³/mol. The van der Waals surface area contributed by atoms with E-state index < -0.39 is 5.60 Å². The lowest BCUT2D eigenvalue weighted by atomic mass is 9.76. The topological polar surface area (TPSA) is 194 Å². The van der Waals surface area contributed by atoms with Crippen molar-refractivity contribution in [1.29, 1.82) is 0 Å². The van der Waals surface area contributed by atoms with Crippen LogP contribution in [0.1, 0.15) is 63.9 Å². The third-order valence-corrected chi connectivity index (χ3v) is 10.6. The number of fused-ring (bicyclic) bond motifs is 3. The number of thiocarbonyl (C=S) groups is 1. The second-order valence-electron chi connectivity index (χ2n) is 14.4. The predicted octanol–water partition coefficient (Wildman–Crippen LogP) is 7.45. The molecule has 330 valence electrons. The minimum absolute atomic E-state index is 0.0260. The molecule has 7 rings (SSSR count). The maximum Gasteiger partial charge on any atom is 0.294 e. The van der Waals surface area contributed by atoms with E-state index >= 15 is 0 Å². The van der Waals surface area contributed by atoms with Crippen molar-refractivity contribution in [2.75, 3.05) is 47.1 Å². The molecule has 0 fully saturated rings. The number of aromatic hydroxyl groups is 1. The number of ether oxygens (including phenoxy) is 4. The van der Waals surface area contributed by atoms with E-state index in [2.05, 4.69) is 27.8 Å². The lowest BCUT2D eigenvalue weighted by Crippen LogP contribution is -2.36. The second kappa shape index (κ2) is 23.6. The summed E-state index contributed by atoms with van der Waals surface area (Å²) in [6, 6.07) is 31.3. The van der Waals surface area contributed by atoms with Gasteiger partial charge in [-0.3, -0.25) is 9.59 Å². The van der Waals surface area contributed by atoms with Crippen molar-refractivity contribution in [1.82, 2.24) is 15.6 Å². The van der Waals surface area contributed by atoms with Crippen molar-refractivity contribution in [3.05, 3.63) is 143 Å². The number of aryl methyl sites for hydroxylation is 1. The Morgan fingerprint density at radius 3 is 2.40 bits per heavy atom. The quantitative estimate of drug-likeness (QED) is 0.0268. The molecule has 0 saturated carbocycles. The first-order chi connectivity index (χ1) is 30.7. The van der Waals surface area contributed by atoms with Crippen LogP contribution in [-0.2, 0) is 24.7 Å². The number of aldehydes is 1. The molecule has 63 heavy (non-hydrogen) atoms. The number of hydrogen-bond acceptors (Lipinski definition) is 11. The maximum absolute atomic E-state index is 12.7. The van der Waals surface area contributed by atoms with Crippen LogP contribution in [0.4, 0.5) is 0 Å². The number of hydrogen-bond donors (Lipinski definition) is 6. The van der Waals surface area contributed by atoms with Crippen molar-refractivity contribution < 1.29 is 43.5 Å². The van der Waals surface area contributed by atoms with Crippen molar-refractivity contribution in [3.8, 4) is 34.1 Å². The zero-order valence-electron chi connectivity index (χ0n) is 35.6. The molecule has 0 bridgehead atoms. The summed E-state index contributed by atoms with van der Waals surface area (Å²) >= 11 is 5.09. The molecule has 14 heteroatoms. The Kier molecular flexibility index (Phi) is 17.8. The molecule has 0 radical (unpaired) electrons. The van der Waals surface area contributed by atoms with E-state index in [1.54, 1.807) is 30.3 Å². The molecule has 0 spiro atoms. The summed E-state index contributed by atoms with van der Waals surface area (Å²) in [5, 5.41) is 24.1. The lowest BCUT2D eigenvalue weighted by molar-refractivity contribution is -0.137. The van der Waals surface area contributed by atoms with Crippen LogP contribution >= 0.6 is 12.2 Å². The van der Waals surface area contributed by atoms with Gasteiger partial charge >= 0.3 is 0 Å². The number of aromatic amines is 1. The summed E-state index contributed by atoms with van der Waals surface area (Å²) in [5.41, 5.74) is 11.6. The highest BCUT2D eigenvalue weighted by atomic mass is 32.1. The number of phenolic OH excluding ortho intramolecular Hbond substituents is 1. The van der Waals surface area contributed by atoms with E-state index in [1.807, 2.05) is 68.7 Å². The monoisotopic (exact) mass is 874 g/mol. The van der Waals surface area contributed by atoms with Crippen LogP contribution in [0.15, 0.2) is 109 Å². The highest BCUT2D eigenvalue weighted by Gasteiger charge is 2.47. The number of nitrogens with two attached hydrogens (primary N) is 1. The first-order valence-corrected chi connectivity index (χ1v) is 21.0. The van der Waals surface area contributed by atoms with Gasteiger partial charge in [-0.15, -0.1) is 0 Å². The molecular weight excluding hydrogens is 821 g/mol. The van der Waals surface area contributed by atoms with Crippen LogP contribution in [0.2, 0.25) is 0 Å². The highest BCUT2D eigenvalue weighted by Crippen LogP contribution is 2.53. The third-order valence-electron chi connectivity index (χ3n) is 10.3. The SMILES string of the molecule is CNCCOCCOc1ccc(-c2cccc(C(N)=S)c2)c2cc[nH]c12.CO.Cc1cc(C(=O)NCCCCCC=O)ccc1C1(OC=O)c2ccccc2Oc2cc(O)ccc21. The Morgan fingerprint density at radius 2 is 1.63 bits per heavy atom. The van der Waals surface area contributed by atoms with E-state index in [0.29, 0.717) is 78.0 Å². The number of carbonyl (C=O) groups excluding carboxylic acids is 3. The van der Waals surface area contributed by atoms with E-state index in [0.717, 1.165) is 78.1 Å². The molecular formula is C49H54N4O9S. The van der Waals surface area contributed by atoms with Gasteiger partial charge in [0, 0.05) is 72.1 Å². The largest absolute Gasteiger partial charge is 0.508 e. The number of phenols is 1. The molecule has 0 saturated heterocycles. The second-order valence-corrected chi connectivity index (χ2v) is 14.8. The van der Waals surface area contributed by atoms with Crippen LogP contribution < -0.4 is 25.8 Å². The number of aliphatic hydroxyl groups excluding tert-OH is 1. The van der Waals surface area contributed by atoms with Gasteiger partial charge in [0.2, 0.25) is 0 Å². The number of aliphatic hydroxyl groups is 1. The normalized spacial score (nSPS) is 13.4. The van der Waals surface area contributed by atoms with Crippen LogP contribution in [0.5, 0.6) is 23.0 Å². The molecule has 7 N–H and O–H groups in total. The van der Waals surface area contributed by atoms with Crippen LogP contribution in [0, 0.1) is 6.92 Å². The Hall–Kier alpha value is -6.58. The van der Waals surface area contributed by atoms with Gasteiger partial charge in [-0.1, -0.05) is 61.1 Å². The van der Waals surface area contributed by atoms with Gasteiger partial charge in [-0.2, -0.15) is 0 Å². The molecule has 13 nitrogen and oxygen atoms in total. The summed E-state index contributed by atoms with van der Waals surface area (Å²) in [4.78, 5) is 38.6. The molecule has 2 heterocycles. The van der Waals surface area contributed by atoms with E-state index in [4.69, 9.17) is 42.0 Å². The van der Waals surface area contributed by atoms with Gasteiger partial charge in [0.15, 0.2) is 5.60 Å². The zero-order valence-corrected chi connectivity index (χ0v) is 36.5. The number of carbonyl (C=O) groups is 3. The van der Waals surface area contributed by atoms with Gasteiger partial charge in [-0.05, 0) is 98.1 Å². The van der Waals surface area contributed by atoms with Crippen molar-refractivity contribution >= 4 is 46.8 Å². The fourth-order valence-electron chi connectivity index (χ4n) is 7.41. The summed E-state index contributed by atoms with van der Waals surface area (Å²) < 4.78 is 23.3. The Bertz CT molecular complexity index is 2490. The Morgan fingerprint density at radius 1 is 0.841 bits per heavy atom. The number of unbranched alkanes of at least 4 members (excludes halogenated alkanes) is 3. The fraction of sp³-hybridized carbons (Fsp3) is 0.265. The van der Waals surface area contributed by atoms with E-state index in [9.17, 15) is 19.5 Å². The fourth-order valence-corrected chi connectivity index (χ4v) is 7.54. The molecule has 6 aromatic rings. The van der Waals surface area contributed by atoms with Crippen molar-refractivity contribution in [2.45, 2.75) is 38.2 Å². The van der Waals surface area contributed by atoms with Crippen LogP contribution in [0.3, 0.4) is 0 Å². The molecule has 1 atom stereocenters. The van der Waals surface area contributed by atoms with E-state index in [-0.39, 0.29) is 11.7 Å². The van der Waals surface area contributed by atoms with Crippen LogP contribution in [0.25, 0.3) is 22.0 Å². The number of likely N-dealkylation sites (N-methyl/N-ethyl adjacent to an activating group) is 1. The molecule has 5 aromatic carbocycles. The molecule has 1 amide bonds. The first kappa shape index (κ1) is 47.5. The number of amides is 1. The minimum atomic E-state index is -1.32. The van der Waals surface area contributed by atoms with Crippen molar-refractivity contribution in [2.24, 2.45) is 5.73 Å². The minimum Gasteiger partial charge on any atom is -0.508 e. The Balaban J connectivity index is 0.000000238. The number of nitrogens with one attached hydrogen (secondary N) is 3. The van der Waals surface area contributed by atoms with Gasteiger partial charge < -0.3 is 55.3 Å². The highest BCUT2D eigenvalue weighted by molar-refractivity contribution is 7.80. The average Bonchev–Trinajstić information content (AvgIpc) is 3.80. The van der Waals surface area contributed by atoms with Gasteiger partial charge in [0.1, 0.15) is 40.9 Å². The number of rotatable bonds is 19. The molecule has 1 unspecified atom stereocenters. The summed E-state index contributed by atoms with van der Waals surface area (Å²) in [6.45, 7) is 5.37. The third kappa shape index (κ3) is 11.5. The summed E-state index contributed by atoms with van der Waals surface area (Å²) in [7, 11) is 2.90. The average molecular weight is 875 g/mol. The number of aromatic nitrogens is 1. The maximum atomic E-state index is 12.7. The molecule has 0 aliphatic carbocycles. The first-order valence-electron chi connectivity index (χ1n) is 20.6. The van der Waals surface area contributed by atoms with Crippen molar-refractivity contribution in [3.63, 3.8) is 0 Å². The Labute approximate surface area is 372 Å². The van der Waals surface area contributed by atoms with Crippen LogP contribution in [-0.4, -0.2) is 85.9 Å². The van der Waals surface area contributed by atoms with Gasteiger partial charge in [0.25, 0.3) is 12.4 Å². The zero-order chi connectivity index (χ0) is 45.2. The molecule has 1 aromatic heterocycles. The number of H-pyrrole nitrogens is 1. The lowest BCUT2D eigenvalue weighted by Gasteiger charge is -2.39. The molecule has 1 aliphatic rings. The van der Waals surface area contributed by atoms with Gasteiger partial charge in [0.05, 0.1) is 18.7 Å². The smallest absolute Gasteiger partial charge is 0.294 e. The molecule has 1 aliphatic heterocycles. The number of para-hydroxylation sites is 1.